The SMILES string of the molecule is [NH3+]CCCC[C@@H](NC(=O)CCCOc1ccc2ccccc2c1-c1c(OCCCC(=O)N[C@H](CCCC[NH3+])C(=O)OCc2cccc3ccccc23)ccc2ccccc12)C(=O)OCc1cccc2ccccc12. The van der Waals surface area contributed by atoms with Gasteiger partial charge in [-0.25, -0.2) is 9.59 Å². The molecule has 2 atom stereocenters. The first-order chi connectivity index (χ1) is 36.3. The molecule has 8 aromatic rings. The summed E-state index contributed by atoms with van der Waals surface area (Å²) in [5.74, 6) is -0.170. The second-order valence-electron chi connectivity index (χ2n) is 18.7. The molecule has 0 fully saturated rings. The molecule has 0 aliphatic carbocycles. The van der Waals surface area contributed by atoms with Crippen molar-refractivity contribution < 1.29 is 49.6 Å². The van der Waals surface area contributed by atoms with Crippen LogP contribution in [0.25, 0.3) is 54.2 Å². The Morgan fingerprint density at radius 3 is 1.18 bits per heavy atom. The zero-order chi connectivity index (χ0) is 51.5. The van der Waals surface area contributed by atoms with E-state index in [0.717, 1.165) is 104 Å². The van der Waals surface area contributed by atoms with Gasteiger partial charge in [0, 0.05) is 24.0 Å². The predicted molar refractivity (Wildman–Crippen MR) is 291 cm³/mol. The Hall–Kier alpha value is -7.80. The van der Waals surface area contributed by atoms with Gasteiger partial charge in [0.15, 0.2) is 0 Å². The minimum absolute atomic E-state index is 0.108. The number of fused-ring (bicyclic) bond motifs is 4. The number of carbonyl (C=O) groups is 4. The number of benzene rings is 8. The summed E-state index contributed by atoms with van der Waals surface area (Å²) in [5.41, 5.74) is 11.4. The van der Waals surface area contributed by atoms with Crippen molar-refractivity contribution in [3.8, 4) is 22.6 Å². The number of quaternary nitrogens is 2. The number of nitrogens with one attached hydrogen (secondary N) is 2. The largest absolute Gasteiger partial charge is 0.493 e. The van der Waals surface area contributed by atoms with E-state index < -0.39 is 24.0 Å². The van der Waals surface area contributed by atoms with Gasteiger partial charge in [-0.2, -0.15) is 0 Å². The molecule has 0 aliphatic rings. The Morgan fingerprint density at radius 1 is 0.405 bits per heavy atom. The van der Waals surface area contributed by atoms with Crippen LogP contribution in [-0.4, -0.2) is 62.1 Å². The van der Waals surface area contributed by atoms with Crippen molar-refractivity contribution in [2.45, 2.75) is 89.5 Å². The van der Waals surface area contributed by atoms with E-state index in [1.165, 1.54) is 0 Å². The third kappa shape index (κ3) is 13.8. The van der Waals surface area contributed by atoms with Crippen molar-refractivity contribution in [2.75, 3.05) is 26.3 Å². The maximum atomic E-state index is 13.5. The van der Waals surface area contributed by atoms with Crippen LogP contribution >= 0.6 is 0 Å². The second-order valence-corrected chi connectivity index (χ2v) is 18.7. The Bertz CT molecular complexity index is 2970. The molecule has 0 radical (unpaired) electrons. The average Bonchev–Trinajstić information content (AvgIpc) is 3.43. The number of hydrogen-bond acceptors (Lipinski definition) is 8. The lowest BCUT2D eigenvalue weighted by Gasteiger charge is -2.20. The molecule has 0 heterocycles. The fraction of sp³-hybridized carbons (Fsp3) is 0.290. The van der Waals surface area contributed by atoms with Crippen LogP contribution in [0.15, 0.2) is 158 Å². The third-order valence-corrected chi connectivity index (χ3v) is 13.4. The second kappa shape index (κ2) is 26.8. The minimum atomic E-state index is -0.780. The summed E-state index contributed by atoms with van der Waals surface area (Å²) in [6.45, 7) is 2.16. The van der Waals surface area contributed by atoms with Crippen LogP contribution in [0.4, 0.5) is 0 Å². The molecule has 8 N–H and O–H groups in total. The van der Waals surface area contributed by atoms with Gasteiger partial charge in [-0.05, 0) is 118 Å². The first kappa shape index (κ1) is 52.5. The zero-order valence-corrected chi connectivity index (χ0v) is 42.2. The summed E-state index contributed by atoms with van der Waals surface area (Å²) >= 11 is 0. The van der Waals surface area contributed by atoms with Crippen molar-refractivity contribution in [3.63, 3.8) is 0 Å². The molecule has 8 rings (SSSR count). The van der Waals surface area contributed by atoms with Crippen LogP contribution in [0.2, 0.25) is 0 Å². The predicted octanol–water partition coefficient (Wildman–Crippen LogP) is 9.57. The van der Waals surface area contributed by atoms with Gasteiger partial charge in [0.25, 0.3) is 0 Å². The molecule has 0 saturated heterocycles. The van der Waals surface area contributed by atoms with Gasteiger partial charge in [-0.3, -0.25) is 9.59 Å². The first-order valence-corrected chi connectivity index (χ1v) is 26.0. The van der Waals surface area contributed by atoms with Crippen molar-refractivity contribution in [3.05, 3.63) is 169 Å². The van der Waals surface area contributed by atoms with Crippen molar-refractivity contribution in [1.29, 1.82) is 0 Å². The van der Waals surface area contributed by atoms with Crippen LogP contribution in [0, 0.1) is 0 Å². The fourth-order valence-corrected chi connectivity index (χ4v) is 9.51. The van der Waals surface area contributed by atoms with Gasteiger partial charge in [-0.15, -0.1) is 0 Å². The van der Waals surface area contributed by atoms with Crippen LogP contribution in [0.1, 0.15) is 75.3 Å². The lowest BCUT2D eigenvalue weighted by atomic mass is 9.92. The normalized spacial score (nSPS) is 12.1. The molecule has 12 nitrogen and oxygen atoms in total. The van der Waals surface area contributed by atoms with Crippen LogP contribution in [-0.2, 0) is 41.9 Å². The maximum Gasteiger partial charge on any atom is 0.328 e. The molecule has 74 heavy (non-hydrogen) atoms. The number of hydrogen-bond donors (Lipinski definition) is 4. The summed E-state index contributed by atoms with van der Waals surface area (Å²) in [6.07, 6.45) is 5.11. The topological polar surface area (TPSA) is 185 Å². The van der Waals surface area contributed by atoms with E-state index in [1.54, 1.807) is 0 Å². The zero-order valence-electron chi connectivity index (χ0n) is 42.2. The summed E-state index contributed by atoms with van der Waals surface area (Å²) < 4.78 is 24.8. The number of rotatable bonds is 27. The highest BCUT2D eigenvalue weighted by Gasteiger charge is 2.25. The Kier molecular flexibility index (Phi) is 19.0. The summed E-state index contributed by atoms with van der Waals surface area (Å²) in [7, 11) is 0. The average molecular weight is 997 g/mol. The van der Waals surface area contributed by atoms with E-state index in [0.29, 0.717) is 37.2 Å². The van der Waals surface area contributed by atoms with Gasteiger partial charge in [-0.1, -0.05) is 146 Å². The maximum absolute atomic E-state index is 13.5. The molecule has 0 aromatic heterocycles. The Labute approximate surface area is 432 Å². The van der Waals surface area contributed by atoms with Gasteiger partial charge >= 0.3 is 11.9 Å². The molecule has 0 bridgehead atoms. The van der Waals surface area contributed by atoms with E-state index in [9.17, 15) is 19.2 Å². The highest BCUT2D eigenvalue weighted by Crippen LogP contribution is 2.45. The number of unbranched alkanes of at least 4 members (excludes halogenated alkanes) is 2. The number of carbonyl (C=O) groups excluding carboxylic acids is 4. The molecule has 0 saturated carbocycles. The van der Waals surface area contributed by atoms with E-state index in [1.807, 2.05) is 133 Å². The van der Waals surface area contributed by atoms with Crippen LogP contribution in [0.3, 0.4) is 0 Å². The number of esters is 2. The minimum Gasteiger partial charge on any atom is -0.493 e. The number of amides is 2. The van der Waals surface area contributed by atoms with Gasteiger partial charge in [0.05, 0.1) is 26.3 Å². The fourth-order valence-electron chi connectivity index (χ4n) is 9.51. The van der Waals surface area contributed by atoms with Gasteiger partial charge < -0.3 is 41.0 Å². The van der Waals surface area contributed by atoms with Crippen LogP contribution in [0.5, 0.6) is 11.5 Å². The number of ether oxygens (including phenoxy) is 4. The standard InChI is InChI=1S/C62H66N4O8/c63-37-11-9-29-53(61(69)73-41-47-23-13-21-43-17-1-5-25-49(43)47)65-57(67)31-15-39-71-55-35-33-45-19-3-7-27-51(45)59(55)60-52-28-8-4-20-46(52)34-36-56(60)72-40-16-32-58(68)66-54(30-10-12-38-64)62(70)74-42-48-24-14-22-44-18-2-6-26-50(44)48/h1-8,13-14,17-28,33-36,53-54H,9-12,15-16,29-32,37-42,63-64H2,(H,65,67)(H,66,68)/p+2/t53-,54-/m1/s1. The smallest absolute Gasteiger partial charge is 0.328 e. The molecular formula is C62H68N4O8+2. The Balaban J connectivity index is 0.910. The summed E-state index contributed by atoms with van der Waals surface area (Å²) in [6, 6.07) is 50.4. The monoisotopic (exact) mass is 997 g/mol. The Morgan fingerprint density at radius 2 is 0.770 bits per heavy atom. The van der Waals surface area contributed by atoms with Crippen molar-refractivity contribution >= 4 is 66.8 Å². The third-order valence-electron chi connectivity index (χ3n) is 13.4. The molecule has 12 heteroatoms. The molecule has 382 valence electrons. The quantitative estimate of drug-likeness (QED) is 0.0290. The van der Waals surface area contributed by atoms with E-state index >= 15 is 0 Å². The van der Waals surface area contributed by atoms with Crippen LogP contribution < -0.4 is 31.6 Å². The highest BCUT2D eigenvalue weighted by atomic mass is 16.5. The summed E-state index contributed by atoms with van der Waals surface area (Å²) in [5, 5.41) is 14.0. The summed E-state index contributed by atoms with van der Waals surface area (Å²) in [4.78, 5) is 53.9. The van der Waals surface area contributed by atoms with E-state index in [2.05, 4.69) is 46.4 Å². The lowest BCUT2D eigenvalue weighted by Crippen LogP contribution is -2.50. The van der Waals surface area contributed by atoms with E-state index in [-0.39, 0.29) is 51.1 Å². The first-order valence-electron chi connectivity index (χ1n) is 26.0. The van der Waals surface area contributed by atoms with E-state index in [4.69, 9.17) is 18.9 Å². The molecule has 2 amide bonds. The van der Waals surface area contributed by atoms with Gasteiger partial charge in [0.1, 0.15) is 36.8 Å². The van der Waals surface area contributed by atoms with Crippen molar-refractivity contribution in [2.24, 2.45) is 0 Å². The molecule has 0 unspecified atom stereocenters. The molecular weight excluding hydrogens is 929 g/mol. The van der Waals surface area contributed by atoms with Gasteiger partial charge in [0.2, 0.25) is 11.8 Å². The van der Waals surface area contributed by atoms with Crippen molar-refractivity contribution in [1.82, 2.24) is 10.6 Å². The molecule has 0 spiro atoms. The molecule has 0 aliphatic heterocycles. The molecule has 8 aromatic carbocycles. The lowest BCUT2D eigenvalue weighted by molar-refractivity contribution is -0.368. The highest BCUT2D eigenvalue weighted by molar-refractivity contribution is 6.09.